The van der Waals surface area contributed by atoms with Crippen LogP contribution in [0.4, 0.5) is 0 Å². The third-order valence-electron chi connectivity index (χ3n) is 5.40. The van der Waals surface area contributed by atoms with Crippen molar-refractivity contribution in [2.45, 2.75) is 38.1 Å². The van der Waals surface area contributed by atoms with Crippen molar-refractivity contribution in [3.63, 3.8) is 0 Å². The summed E-state index contributed by atoms with van der Waals surface area (Å²) in [5.74, 6) is -0.0125. The predicted octanol–water partition coefficient (Wildman–Crippen LogP) is 3.14. The Morgan fingerprint density at radius 1 is 1.20 bits per heavy atom. The monoisotopic (exact) mass is 338 g/mol. The van der Waals surface area contributed by atoms with E-state index in [1.807, 2.05) is 24.3 Å². The van der Waals surface area contributed by atoms with E-state index in [1.165, 1.54) is 12.8 Å². The molecule has 0 unspecified atom stereocenters. The lowest BCUT2D eigenvalue weighted by molar-refractivity contribution is 0.0874. The van der Waals surface area contributed by atoms with E-state index in [-0.39, 0.29) is 11.4 Å². The molecule has 0 saturated heterocycles. The predicted molar refractivity (Wildman–Crippen MR) is 99.3 cm³/mol. The van der Waals surface area contributed by atoms with Gasteiger partial charge in [-0.3, -0.25) is 19.7 Å². The van der Waals surface area contributed by atoms with Crippen molar-refractivity contribution in [3.05, 3.63) is 48.4 Å². The first-order valence-corrected chi connectivity index (χ1v) is 9.00. The SMILES string of the molecule is CCN(C)C1(CNC(=O)c2ccc(-c3cnccn3)cc2)CCCC1. The van der Waals surface area contributed by atoms with Gasteiger partial charge in [-0.25, -0.2) is 0 Å². The first-order valence-electron chi connectivity index (χ1n) is 9.00. The highest BCUT2D eigenvalue weighted by Gasteiger charge is 2.37. The number of carbonyl (C=O) groups is 1. The van der Waals surface area contributed by atoms with Gasteiger partial charge in [-0.15, -0.1) is 0 Å². The van der Waals surface area contributed by atoms with E-state index in [0.717, 1.165) is 30.6 Å². The molecule has 2 aromatic rings. The number of nitrogens with zero attached hydrogens (tertiary/aromatic N) is 3. The zero-order valence-electron chi connectivity index (χ0n) is 15.0. The summed E-state index contributed by atoms with van der Waals surface area (Å²) in [4.78, 5) is 23.3. The van der Waals surface area contributed by atoms with Crippen LogP contribution in [0, 0.1) is 0 Å². The van der Waals surface area contributed by atoms with Gasteiger partial charge < -0.3 is 5.32 Å². The number of aromatic nitrogens is 2. The minimum Gasteiger partial charge on any atom is -0.350 e. The average molecular weight is 338 g/mol. The summed E-state index contributed by atoms with van der Waals surface area (Å²) in [6.45, 7) is 3.89. The summed E-state index contributed by atoms with van der Waals surface area (Å²) in [7, 11) is 2.16. The molecule has 1 amide bonds. The number of carbonyl (C=O) groups excluding carboxylic acids is 1. The minimum absolute atomic E-state index is 0.0125. The van der Waals surface area contributed by atoms with Crippen LogP contribution in [0.1, 0.15) is 43.0 Å². The molecule has 0 spiro atoms. The minimum atomic E-state index is -0.0125. The quantitative estimate of drug-likeness (QED) is 0.879. The molecule has 1 aliphatic carbocycles. The maximum atomic E-state index is 12.5. The largest absolute Gasteiger partial charge is 0.350 e. The molecule has 1 aliphatic rings. The molecule has 1 saturated carbocycles. The fraction of sp³-hybridized carbons (Fsp3) is 0.450. The van der Waals surface area contributed by atoms with Gasteiger partial charge in [0.2, 0.25) is 0 Å². The van der Waals surface area contributed by atoms with Gasteiger partial charge in [0.25, 0.3) is 5.91 Å². The van der Waals surface area contributed by atoms with E-state index < -0.39 is 0 Å². The molecular formula is C20H26N4O. The second-order valence-corrected chi connectivity index (χ2v) is 6.80. The molecule has 25 heavy (non-hydrogen) atoms. The number of benzene rings is 1. The van der Waals surface area contributed by atoms with Gasteiger partial charge in [0.1, 0.15) is 0 Å². The van der Waals surface area contributed by atoms with Crippen LogP contribution in [0.2, 0.25) is 0 Å². The van der Waals surface area contributed by atoms with Crippen LogP contribution in [0.5, 0.6) is 0 Å². The van der Waals surface area contributed by atoms with Crippen LogP contribution in [0.15, 0.2) is 42.9 Å². The van der Waals surface area contributed by atoms with Crippen molar-refractivity contribution >= 4 is 5.91 Å². The molecule has 1 aromatic heterocycles. The van der Waals surface area contributed by atoms with Crippen molar-refractivity contribution in [2.75, 3.05) is 20.1 Å². The van der Waals surface area contributed by atoms with Crippen LogP contribution in [0.25, 0.3) is 11.3 Å². The number of hydrogen-bond donors (Lipinski definition) is 1. The normalized spacial score (nSPS) is 16.1. The van der Waals surface area contributed by atoms with Crippen molar-refractivity contribution < 1.29 is 4.79 Å². The van der Waals surface area contributed by atoms with E-state index in [9.17, 15) is 4.79 Å². The highest BCUT2D eigenvalue weighted by Crippen LogP contribution is 2.33. The lowest BCUT2D eigenvalue weighted by atomic mass is 9.95. The van der Waals surface area contributed by atoms with E-state index in [0.29, 0.717) is 12.1 Å². The van der Waals surface area contributed by atoms with Crippen LogP contribution in [-0.2, 0) is 0 Å². The molecule has 1 aromatic carbocycles. The molecule has 0 aliphatic heterocycles. The molecule has 5 nitrogen and oxygen atoms in total. The number of hydrogen-bond acceptors (Lipinski definition) is 4. The molecular weight excluding hydrogens is 312 g/mol. The highest BCUT2D eigenvalue weighted by molar-refractivity contribution is 5.94. The molecule has 1 fully saturated rings. The Balaban J connectivity index is 1.65. The Hall–Kier alpha value is -2.27. The van der Waals surface area contributed by atoms with E-state index in [2.05, 4.69) is 34.2 Å². The molecule has 0 radical (unpaired) electrons. The first-order chi connectivity index (χ1) is 12.1. The van der Waals surface area contributed by atoms with Gasteiger partial charge >= 0.3 is 0 Å². The van der Waals surface area contributed by atoms with Crippen LogP contribution < -0.4 is 5.32 Å². The zero-order chi connectivity index (χ0) is 17.7. The van der Waals surface area contributed by atoms with Gasteiger partial charge in [-0.1, -0.05) is 31.9 Å². The summed E-state index contributed by atoms with van der Waals surface area (Å²) >= 11 is 0. The van der Waals surface area contributed by atoms with Crippen LogP contribution >= 0.6 is 0 Å². The molecule has 5 heteroatoms. The standard InChI is InChI=1S/C20H26N4O/c1-3-24(2)20(10-4-5-11-20)15-23-19(25)17-8-6-16(7-9-17)18-14-21-12-13-22-18/h6-9,12-14H,3-5,10-11,15H2,1-2H3,(H,23,25). The van der Waals surface area contributed by atoms with Crippen LogP contribution in [0.3, 0.4) is 0 Å². The lowest BCUT2D eigenvalue weighted by Gasteiger charge is -2.38. The third kappa shape index (κ3) is 3.87. The maximum absolute atomic E-state index is 12.5. The number of likely N-dealkylation sites (N-methyl/N-ethyl adjacent to an activating group) is 1. The number of nitrogens with one attached hydrogen (secondary N) is 1. The van der Waals surface area contributed by atoms with Gasteiger partial charge in [0.05, 0.1) is 11.9 Å². The Bertz CT molecular complexity index is 693. The molecule has 0 atom stereocenters. The molecule has 0 bridgehead atoms. The van der Waals surface area contributed by atoms with Crippen molar-refractivity contribution in [3.8, 4) is 11.3 Å². The van der Waals surface area contributed by atoms with Crippen molar-refractivity contribution in [2.24, 2.45) is 0 Å². The molecule has 132 valence electrons. The van der Waals surface area contributed by atoms with Gasteiger partial charge in [-0.2, -0.15) is 0 Å². The fourth-order valence-electron chi connectivity index (χ4n) is 3.65. The highest BCUT2D eigenvalue weighted by atomic mass is 16.1. The van der Waals surface area contributed by atoms with Crippen molar-refractivity contribution in [1.82, 2.24) is 20.2 Å². The molecule has 3 rings (SSSR count). The van der Waals surface area contributed by atoms with Gasteiger partial charge in [0, 0.05) is 35.6 Å². The van der Waals surface area contributed by atoms with Crippen molar-refractivity contribution in [1.29, 1.82) is 0 Å². The van der Waals surface area contributed by atoms with E-state index in [1.54, 1.807) is 18.6 Å². The number of rotatable bonds is 6. The smallest absolute Gasteiger partial charge is 0.251 e. The maximum Gasteiger partial charge on any atom is 0.251 e. The summed E-state index contributed by atoms with van der Waals surface area (Å²) in [6, 6.07) is 7.54. The third-order valence-corrected chi connectivity index (χ3v) is 5.40. The summed E-state index contributed by atoms with van der Waals surface area (Å²) in [5.41, 5.74) is 2.57. The second kappa shape index (κ2) is 7.74. The topological polar surface area (TPSA) is 58.1 Å². The number of amides is 1. The summed E-state index contributed by atoms with van der Waals surface area (Å²) in [5, 5.41) is 3.15. The Morgan fingerprint density at radius 2 is 1.92 bits per heavy atom. The fourth-order valence-corrected chi connectivity index (χ4v) is 3.65. The summed E-state index contributed by atoms with van der Waals surface area (Å²) < 4.78 is 0. The second-order valence-electron chi connectivity index (χ2n) is 6.80. The molecule has 1 N–H and O–H groups in total. The average Bonchev–Trinajstić information content (AvgIpc) is 3.16. The zero-order valence-corrected chi connectivity index (χ0v) is 15.0. The Morgan fingerprint density at radius 3 is 2.52 bits per heavy atom. The molecule has 1 heterocycles. The van der Waals surface area contributed by atoms with Gasteiger partial charge in [-0.05, 0) is 38.6 Å². The lowest BCUT2D eigenvalue weighted by Crippen LogP contribution is -2.52. The van der Waals surface area contributed by atoms with Gasteiger partial charge in [0.15, 0.2) is 0 Å². The Labute approximate surface area is 149 Å². The summed E-state index contributed by atoms with van der Waals surface area (Å²) in [6.07, 6.45) is 9.84. The van der Waals surface area contributed by atoms with Crippen LogP contribution in [-0.4, -0.2) is 46.5 Å². The first kappa shape index (κ1) is 17.5. The van der Waals surface area contributed by atoms with E-state index >= 15 is 0 Å². The van der Waals surface area contributed by atoms with E-state index in [4.69, 9.17) is 0 Å². The Kier molecular flexibility index (Phi) is 5.43.